The predicted molar refractivity (Wildman–Crippen MR) is 130 cm³/mol. The number of benzene rings is 2. The largest absolute Gasteiger partial charge is 0.416 e. The Hall–Kier alpha value is -3.40. The number of nitrogens with zero attached hydrogens (tertiary/aromatic N) is 3. The van der Waals surface area contributed by atoms with Gasteiger partial charge in [0.1, 0.15) is 5.82 Å². The van der Waals surface area contributed by atoms with Gasteiger partial charge in [-0.3, -0.25) is 5.10 Å². The van der Waals surface area contributed by atoms with Crippen molar-refractivity contribution in [3.63, 3.8) is 0 Å². The van der Waals surface area contributed by atoms with Gasteiger partial charge in [0.25, 0.3) is 0 Å². The van der Waals surface area contributed by atoms with Gasteiger partial charge in [-0.25, -0.2) is 9.18 Å². The molecule has 10 heteroatoms. The van der Waals surface area contributed by atoms with E-state index in [-0.39, 0.29) is 29.2 Å². The van der Waals surface area contributed by atoms with Crippen LogP contribution in [0.5, 0.6) is 0 Å². The highest BCUT2D eigenvalue weighted by Gasteiger charge is 2.37. The van der Waals surface area contributed by atoms with Crippen molar-refractivity contribution >= 4 is 6.03 Å². The number of alkyl halides is 3. The minimum Gasteiger partial charge on any atom is -0.378 e. The number of aromatic amines is 1. The first-order valence-electron chi connectivity index (χ1n) is 12.3. The van der Waals surface area contributed by atoms with Crippen molar-refractivity contribution in [3.8, 4) is 11.3 Å². The van der Waals surface area contributed by atoms with E-state index in [1.807, 2.05) is 6.07 Å². The number of hydrogen-bond donors (Lipinski definition) is 1. The molecule has 2 aromatic carbocycles. The number of rotatable bonds is 3. The quantitative estimate of drug-likeness (QED) is 0.463. The maximum absolute atomic E-state index is 13.7. The van der Waals surface area contributed by atoms with Gasteiger partial charge in [0.05, 0.1) is 24.5 Å². The first kappa shape index (κ1) is 25.3. The summed E-state index contributed by atoms with van der Waals surface area (Å²) in [5.41, 5.74) is 1.99. The summed E-state index contributed by atoms with van der Waals surface area (Å²) in [6, 6.07) is 12.2. The van der Waals surface area contributed by atoms with Gasteiger partial charge in [0.2, 0.25) is 0 Å². The van der Waals surface area contributed by atoms with Gasteiger partial charge < -0.3 is 14.5 Å². The van der Waals surface area contributed by atoms with E-state index in [1.165, 1.54) is 31.2 Å². The summed E-state index contributed by atoms with van der Waals surface area (Å²) in [6.45, 7) is 4.02. The third kappa shape index (κ3) is 5.49. The molecule has 5 rings (SSSR count). The van der Waals surface area contributed by atoms with E-state index >= 15 is 0 Å². The van der Waals surface area contributed by atoms with Crippen molar-refractivity contribution in [1.82, 2.24) is 20.0 Å². The Morgan fingerprint density at radius 3 is 2.51 bits per heavy atom. The molecule has 2 atom stereocenters. The highest BCUT2D eigenvalue weighted by molar-refractivity contribution is 5.75. The van der Waals surface area contributed by atoms with Gasteiger partial charge >= 0.3 is 12.2 Å². The fraction of sp³-hybridized carbons (Fsp3) is 0.407. The lowest BCUT2D eigenvalue weighted by Crippen LogP contribution is -2.52. The molecule has 2 fully saturated rings. The smallest absolute Gasteiger partial charge is 0.378 e. The number of carbonyl (C=O) groups is 1. The highest BCUT2D eigenvalue weighted by Crippen LogP contribution is 2.39. The predicted octanol–water partition coefficient (Wildman–Crippen LogP) is 5.57. The number of hydrogen-bond acceptors (Lipinski definition) is 3. The minimum atomic E-state index is -4.46. The second kappa shape index (κ2) is 10.2. The lowest BCUT2D eigenvalue weighted by atomic mass is 9.82. The van der Waals surface area contributed by atoms with Crippen LogP contribution in [0, 0.1) is 12.7 Å². The first-order chi connectivity index (χ1) is 17.7. The zero-order valence-corrected chi connectivity index (χ0v) is 20.4. The van der Waals surface area contributed by atoms with Crippen molar-refractivity contribution in [1.29, 1.82) is 0 Å². The van der Waals surface area contributed by atoms with Gasteiger partial charge in [-0.2, -0.15) is 18.3 Å². The number of ether oxygens (including phenoxy) is 1. The van der Waals surface area contributed by atoms with Crippen LogP contribution >= 0.6 is 0 Å². The molecule has 1 aromatic heterocycles. The van der Waals surface area contributed by atoms with E-state index < -0.39 is 11.7 Å². The monoisotopic (exact) mass is 516 g/mol. The number of nitrogens with one attached hydrogen (secondary N) is 1. The second-order valence-electron chi connectivity index (χ2n) is 9.71. The zero-order chi connectivity index (χ0) is 26.2. The Morgan fingerprint density at radius 2 is 1.78 bits per heavy atom. The normalized spacial score (nSPS) is 20.8. The van der Waals surface area contributed by atoms with Gasteiger partial charge in [-0.15, -0.1) is 0 Å². The standard InChI is InChI=1S/C27H28F4N4O2/c1-17-5-6-18(13-23(17)27(29,30)31)20-11-21(16-35(15-20)26(36)34-7-9-37-10-8-34)25-14-24(32-33-25)19-3-2-4-22(28)12-19/h2-6,12-14,20-21H,7-11,15-16H2,1H3,(H,32,33). The lowest BCUT2D eigenvalue weighted by molar-refractivity contribution is -0.138. The molecule has 2 unspecified atom stereocenters. The molecule has 0 bridgehead atoms. The third-order valence-electron chi connectivity index (χ3n) is 7.20. The zero-order valence-electron chi connectivity index (χ0n) is 20.4. The van der Waals surface area contributed by atoms with Crippen molar-refractivity contribution in [2.24, 2.45) is 0 Å². The number of aromatic nitrogens is 2. The van der Waals surface area contributed by atoms with Crippen LogP contribution in [0.3, 0.4) is 0 Å². The molecule has 6 nitrogen and oxygen atoms in total. The molecule has 196 valence electrons. The number of H-pyrrole nitrogens is 1. The number of carbonyl (C=O) groups excluding carboxylic acids is 1. The summed E-state index contributed by atoms with van der Waals surface area (Å²) in [6.07, 6.45) is -3.92. The molecule has 0 spiro atoms. The number of piperidine rings is 1. The van der Waals surface area contributed by atoms with Crippen molar-refractivity contribution in [3.05, 3.63) is 76.7 Å². The highest BCUT2D eigenvalue weighted by atomic mass is 19.4. The topological polar surface area (TPSA) is 61.5 Å². The summed E-state index contributed by atoms with van der Waals surface area (Å²) < 4.78 is 60.1. The van der Waals surface area contributed by atoms with Crippen LogP contribution in [0.1, 0.15) is 40.6 Å². The summed E-state index contributed by atoms with van der Waals surface area (Å²) in [5.74, 6) is -0.859. The van der Waals surface area contributed by atoms with Gasteiger partial charge in [-0.05, 0) is 48.7 Å². The number of morpholine rings is 1. The number of aryl methyl sites for hydroxylation is 1. The molecule has 3 aromatic rings. The Bertz CT molecular complexity index is 1270. The third-order valence-corrected chi connectivity index (χ3v) is 7.20. The average Bonchev–Trinajstić information content (AvgIpc) is 3.39. The van der Waals surface area contributed by atoms with Crippen LogP contribution in [-0.4, -0.2) is 65.4 Å². The molecular formula is C27H28F4N4O2. The summed E-state index contributed by atoms with van der Waals surface area (Å²) in [4.78, 5) is 16.8. The minimum absolute atomic E-state index is 0.147. The molecule has 0 saturated carbocycles. The van der Waals surface area contributed by atoms with Gasteiger partial charge in [0, 0.05) is 49.3 Å². The van der Waals surface area contributed by atoms with E-state index in [0.717, 1.165) is 5.69 Å². The van der Waals surface area contributed by atoms with Crippen LogP contribution in [-0.2, 0) is 10.9 Å². The molecule has 0 aliphatic carbocycles. The first-order valence-corrected chi connectivity index (χ1v) is 12.3. The van der Waals surface area contributed by atoms with E-state index in [9.17, 15) is 22.4 Å². The van der Waals surface area contributed by atoms with E-state index in [4.69, 9.17) is 4.74 Å². The number of amides is 2. The maximum Gasteiger partial charge on any atom is 0.416 e. The Labute approximate surface area is 212 Å². The second-order valence-corrected chi connectivity index (χ2v) is 9.71. The molecule has 3 heterocycles. The maximum atomic E-state index is 13.7. The summed E-state index contributed by atoms with van der Waals surface area (Å²) >= 11 is 0. The van der Waals surface area contributed by atoms with Crippen LogP contribution in [0.25, 0.3) is 11.3 Å². The lowest BCUT2D eigenvalue weighted by Gasteiger charge is -2.41. The Morgan fingerprint density at radius 1 is 1.03 bits per heavy atom. The fourth-order valence-corrected chi connectivity index (χ4v) is 5.22. The van der Waals surface area contributed by atoms with E-state index in [2.05, 4.69) is 10.2 Å². The molecule has 1 N–H and O–H groups in total. The Balaban J connectivity index is 1.46. The average molecular weight is 517 g/mol. The van der Waals surface area contributed by atoms with Crippen molar-refractivity contribution in [2.75, 3.05) is 39.4 Å². The molecule has 2 amide bonds. The SMILES string of the molecule is Cc1ccc(C2CC(c3cc(-c4cccc(F)c4)n[nH]3)CN(C(=O)N3CCOCC3)C2)cc1C(F)(F)F. The number of urea groups is 1. The molecule has 2 aliphatic rings. The van der Waals surface area contributed by atoms with Crippen LogP contribution in [0.15, 0.2) is 48.5 Å². The van der Waals surface area contributed by atoms with E-state index in [1.54, 1.807) is 28.0 Å². The Kier molecular flexibility index (Phi) is 6.94. The van der Waals surface area contributed by atoms with Gasteiger partial charge in [0.15, 0.2) is 0 Å². The van der Waals surface area contributed by atoms with E-state index in [0.29, 0.717) is 62.6 Å². The summed E-state index contributed by atoms with van der Waals surface area (Å²) in [5, 5.41) is 7.37. The fourth-order valence-electron chi connectivity index (χ4n) is 5.22. The molecule has 0 radical (unpaired) electrons. The molecule has 2 aliphatic heterocycles. The molecule has 2 saturated heterocycles. The number of halogens is 4. The molecule has 37 heavy (non-hydrogen) atoms. The van der Waals surface area contributed by atoms with Crippen molar-refractivity contribution in [2.45, 2.75) is 31.4 Å². The number of likely N-dealkylation sites (tertiary alicyclic amines) is 1. The van der Waals surface area contributed by atoms with Gasteiger partial charge in [-0.1, -0.05) is 24.3 Å². The van der Waals surface area contributed by atoms with Crippen molar-refractivity contribution < 1.29 is 27.1 Å². The van der Waals surface area contributed by atoms with Crippen LogP contribution < -0.4 is 0 Å². The summed E-state index contributed by atoms with van der Waals surface area (Å²) in [7, 11) is 0. The molecular weight excluding hydrogens is 488 g/mol. The van der Waals surface area contributed by atoms with Crippen LogP contribution in [0.2, 0.25) is 0 Å². The van der Waals surface area contributed by atoms with Crippen LogP contribution in [0.4, 0.5) is 22.4 Å².